The van der Waals surface area contributed by atoms with Crippen LogP contribution in [0, 0.1) is 11.3 Å². The molecular weight excluding hydrogens is 519 g/mol. The second-order valence-corrected chi connectivity index (χ2v) is 10.7. The Bertz CT molecular complexity index is 1470. The lowest BCUT2D eigenvalue weighted by Gasteiger charge is -2.20. The highest BCUT2D eigenvalue weighted by Crippen LogP contribution is 2.39. The zero-order valence-corrected chi connectivity index (χ0v) is 21.7. The van der Waals surface area contributed by atoms with Crippen molar-refractivity contribution in [3.63, 3.8) is 0 Å². The zero-order valence-electron chi connectivity index (χ0n) is 20.9. The zero-order chi connectivity index (χ0) is 27.7. The Hall–Kier alpha value is -3.76. The third-order valence-electron chi connectivity index (χ3n) is 6.43. The summed E-state index contributed by atoms with van der Waals surface area (Å²) in [6, 6.07) is 9.17. The molecule has 2 N–H and O–H groups in total. The van der Waals surface area contributed by atoms with Gasteiger partial charge in [-0.1, -0.05) is 26.0 Å². The van der Waals surface area contributed by atoms with E-state index in [2.05, 4.69) is 25.6 Å². The molecule has 0 saturated carbocycles. The maximum atomic E-state index is 13.3. The van der Waals surface area contributed by atoms with E-state index >= 15 is 0 Å². The third kappa shape index (κ3) is 5.27. The van der Waals surface area contributed by atoms with Gasteiger partial charge in [-0.15, -0.1) is 0 Å². The van der Waals surface area contributed by atoms with Gasteiger partial charge in [-0.05, 0) is 30.7 Å². The minimum atomic E-state index is -4.55. The number of hydrogen-bond donors (Lipinski definition) is 2. The summed E-state index contributed by atoms with van der Waals surface area (Å²) >= 11 is 0. The van der Waals surface area contributed by atoms with Gasteiger partial charge in [0.05, 0.1) is 34.0 Å². The molecular formula is C25H26F3N7O2S. The number of hydrogen-bond acceptors (Lipinski definition) is 8. The molecule has 4 rings (SSSR count). The van der Waals surface area contributed by atoms with Gasteiger partial charge in [-0.2, -0.15) is 22.7 Å². The molecule has 1 aromatic carbocycles. The maximum Gasteiger partial charge on any atom is 0.417 e. The normalized spacial score (nSPS) is 16.0. The van der Waals surface area contributed by atoms with Gasteiger partial charge in [0.15, 0.2) is 0 Å². The molecule has 2 aromatic heterocycles. The van der Waals surface area contributed by atoms with Crippen LogP contribution in [-0.2, 0) is 16.2 Å². The van der Waals surface area contributed by atoms with E-state index in [9.17, 15) is 26.9 Å². The fourth-order valence-corrected chi connectivity index (χ4v) is 5.80. The van der Waals surface area contributed by atoms with E-state index in [0.29, 0.717) is 24.5 Å². The summed E-state index contributed by atoms with van der Waals surface area (Å²) in [7, 11) is -3.59. The molecule has 0 radical (unpaired) electrons. The summed E-state index contributed by atoms with van der Waals surface area (Å²) in [6.45, 7) is 6.35. The fraction of sp³-hybridized carbons (Fsp3) is 0.360. The molecule has 0 amide bonds. The van der Waals surface area contributed by atoms with Crippen LogP contribution in [0.25, 0.3) is 0 Å². The molecule has 200 valence electrons. The minimum Gasteiger partial charge on any atom is -0.369 e. The third-order valence-corrected chi connectivity index (χ3v) is 8.50. The standard InChI is InChI=1S/C25H26F3N7O2S/c1-4-35(5-2)38(36,37)19-8-6-16(7-9-19)15(3)33-24-32-12-17(11-29)22(34-24)21-14-31-23-20(21)10-18(13-30-23)25(26,27)28/h6-10,12-13,15,21H,4-5,14H2,1-3H3,(H,30,31)(H,32,33,34). The number of benzene rings is 1. The Balaban J connectivity index is 1.59. The fourth-order valence-electron chi connectivity index (χ4n) is 4.34. The number of fused-ring (bicyclic) bond motifs is 1. The highest BCUT2D eigenvalue weighted by atomic mass is 32.2. The summed E-state index contributed by atoms with van der Waals surface area (Å²) in [4.78, 5) is 12.8. The lowest BCUT2D eigenvalue weighted by molar-refractivity contribution is -0.137. The van der Waals surface area contributed by atoms with Crippen LogP contribution >= 0.6 is 0 Å². The summed E-state index contributed by atoms with van der Waals surface area (Å²) in [6.07, 6.45) is -2.45. The summed E-state index contributed by atoms with van der Waals surface area (Å²) in [5.41, 5.74) is 0.622. The number of nitriles is 1. The van der Waals surface area contributed by atoms with Crippen LogP contribution in [-0.4, -0.2) is 47.3 Å². The second kappa shape index (κ2) is 10.5. The quantitative estimate of drug-likeness (QED) is 0.423. The summed E-state index contributed by atoms with van der Waals surface area (Å²) in [5.74, 6) is -0.134. The van der Waals surface area contributed by atoms with Crippen molar-refractivity contribution in [3.05, 3.63) is 70.7 Å². The van der Waals surface area contributed by atoms with Crippen molar-refractivity contribution in [1.29, 1.82) is 5.26 Å². The van der Waals surface area contributed by atoms with Crippen molar-refractivity contribution in [2.24, 2.45) is 0 Å². The van der Waals surface area contributed by atoms with Crippen molar-refractivity contribution in [2.75, 3.05) is 30.3 Å². The predicted molar refractivity (Wildman–Crippen MR) is 135 cm³/mol. The Morgan fingerprint density at radius 3 is 2.47 bits per heavy atom. The molecule has 3 heterocycles. The molecule has 13 heteroatoms. The van der Waals surface area contributed by atoms with Gasteiger partial charge in [0.2, 0.25) is 16.0 Å². The van der Waals surface area contributed by atoms with E-state index in [4.69, 9.17) is 0 Å². The number of sulfonamides is 1. The number of aromatic nitrogens is 3. The number of rotatable bonds is 8. The Morgan fingerprint density at radius 1 is 1.18 bits per heavy atom. The smallest absolute Gasteiger partial charge is 0.369 e. The van der Waals surface area contributed by atoms with Crippen molar-refractivity contribution < 1.29 is 21.6 Å². The first-order chi connectivity index (χ1) is 18.0. The van der Waals surface area contributed by atoms with Crippen LogP contribution in [0.3, 0.4) is 0 Å². The number of halogens is 3. The number of nitrogens with one attached hydrogen (secondary N) is 2. The van der Waals surface area contributed by atoms with Gasteiger partial charge in [0.25, 0.3) is 0 Å². The van der Waals surface area contributed by atoms with Gasteiger partial charge >= 0.3 is 6.18 Å². The largest absolute Gasteiger partial charge is 0.417 e. The number of pyridine rings is 1. The van der Waals surface area contributed by atoms with Crippen LogP contribution in [0.15, 0.2) is 47.6 Å². The molecule has 2 unspecified atom stereocenters. The van der Waals surface area contributed by atoms with Gasteiger partial charge in [0, 0.05) is 37.3 Å². The molecule has 9 nitrogen and oxygen atoms in total. The highest BCUT2D eigenvalue weighted by molar-refractivity contribution is 7.89. The topological polar surface area (TPSA) is 124 Å². The molecule has 2 atom stereocenters. The number of alkyl halides is 3. The summed E-state index contributed by atoms with van der Waals surface area (Å²) in [5, 5.41) is 15.7. The predicted octanol–water partition coefficient (Wildman–Crippen LogP) is 4.52. The average Bonchev–Trinajstić information content (AvgIpc) is 3.32. The number of nitrogens with zero attached hydrogens (tertiary/aromatic N) is 5. The monoisotopic (exact) mass is 545 g/mol. The van der Waals surface area contributed by atoms with Crippen LogP contribution in [0.5, 0.6) is 0 Å². The molecule has 3 aromatic rings. The van der Waals surface area contributed by atoms with Crippen molar-refractivity contribution in [2.45, 2.75) is 43.8 Å². The van der Waals surface area contributed by atoms with Crippen LogP contribution in [0.1, 0.15) is 60.7 Å². The Morgan fingerprint density at radius 2 is 1.87 bits per heavy atom. The molecule has 0 fully saturated rings. The van der Waals surface area contributed by atoms with Gasteiger partial charge in [-0.25, -0.2) is 23.4 Å². The Kier molecular flexibility index (Phi) is 7.57. The number of anilines is 2. The molecule has 0 spiro atoms. The van der Waals surface area contributed by atoms with E-state index in [1.165, 1.54) is 10.5 Å². The SMILES string of the molecule is CCN(CC)S(=O)(=O)c1ccc(C(C)Nc2ncc(C#N)c(C3CNc4ncc(C(F)(F)F)cc43)n2)cc1. The first kappa shape index (κ1) is 27.3. The van der Waals surface area contributed by atoms with E-state index < -0.39 is 27.7 Å². The molecule has 0 aliphatic carbocycles. The lowest BCUT2D eigenvalue weighted by Crippen LogP contribution is -2.30. The van der Waals surface area contributed by atoms with Crippen LogP contribution in [0.2, 0.25) is 0 Å². The van der Waals surface area contributed by atoms with Crippen LogP contribution in [0.4, 0.5) is 24.9 Å². The Labute approximate surface area is 218 Å². The van der Waals surface area contributed by atoms with Crippen LogP contribution < -0.4 is 10.6 Å². The van der Waals surface area contributed by atoms with Crippen molar-refractivity contribution >= 4 is 21.8 Å². The van der Waals surface area contributed by atoms with E-state index in [1.54, 1.807) is 38.1 Å². The molecule has 1 aliphatic rings. The minimum absolute atomic E-state index is 0.145. The highest BCUT2D eigenvalue weighted by Gasteiger charge is 2.35. The molecule has 1 aliphatic heterocycles. The maximum absolute atomic E-state index is 13.3. The van der Waals surface area contributed by atoms with E-state index in [0.717, 1.165) is 17.8 Å². The molecule has 0 saturated heterocycles. The van der Waals surface area contributed by atoms with Crippen molar-refractivity contribution in [3.8, 4) is 6.07 Å². The second-order valence-electron chi connectivity index (χ2n) is 8.72. The van der Waals surface area contributed by atoms with Crippen molar-refractivity contribution in [1.82, 2.24) is 19.3 Å². The lowest BCUT2D eigenvalue weighted by atomic mass is 9.95. The first-order valence-electron chi connectivity index (χ1n) is 11.9. The summed E-state index contributed by atoms with van der Waals surface area (Å²) < 4.78 is 66.7. The molecule has 0 bridgehead atoms. The molecule has 38 heavy (non-hydrogen) atoms. The first-order valence-corrected chi connectivity index (χ1v) is 13.4. The van der Waals surface area contributed by atoms with Gasteiger partial charge in [0.1, 0.15) is 11.9 Å². The van der Waals surface area contributed by atoms with E-state index in [1.807, 2.05) is 13.0 Å². The van der Waals surface area contributed by atoms with Gasteiger partial charge in [-0.3, -0.25) is 0 Å². The average molecular weight is 546 g/mol. The van der Waals surface area contributed by atoms with E-state index in [-0.39, 0.29) is 34.7 Å². The van der Waals surface area contributed by atoms with Gasteiger partial charge < -0.3 is 10.6 Å².